The minimum absolute atomic E-state index is 0.0903. The normalized spacial score (nSPS) is 13.8. The van der Waals surface area contributed by atoms with E-state index in [1.54, 1.807) is 35.0 Å². The first-order valence-electron chi connectivity index (χ1n) is 7.70. The number of amides is 1. The quantitative estimate of drug-likeness (QED) is 0.581. The van der Waals surface area contributed by atoms with Gasteiger partial charge in [-0.1, -0.05) is 0 Å². The van der Waals surface area contributed by atoms with Crippen LogP contribution >= 0.6 is 31.9 Å². The largest absolute Gasteiger partial charge is 0.494 e. The molecule has 1 aliphatic rings. The van der Waals surface area contributed by atoms with Crippen molar-refractivity contribution in [2.45, 2.75) is 13.0 Å². The van der Waals surface area contributed by atoms with Gasteiger partial charge in [-0.05, 0) is 49.6 Å². The minimum Gasteiger partial charge on any atom is -0.494 e. The second-order valence-corrected chi connectivity index (χ2v) is 7.65. The van der Waals surface area contributed by atoms with Crippen molar-refractivity contribution in [1.29, 1.82) is 0 Å². The molecule has 4 rings (SSSR count). The monoisotopic (exact) mass is 464 g/mol. The summed E-state index contributed by atoms with van der Waals surface area (Å²) < 4.78 is 8.79. The highest BCUT2D eigenvalue weighted by Crippen LogP contribution is 2.26. The predicted octanol–water partition coefficient (Wildman–Crippen LogP) is 3.46. The van der Waals surface area contributed by atoms with Crippen LogP contribution in [0.4, 0.5) is 0 Å². The molecule has 8 heteroatoms. The van der Waals surface area contributed by atoms with E-state index in [0.29, 0.717) is 24.5 Å². The van der Waals surface area contributed by atoms with Gasteiger partial charge in [0, 0.05) is 52.6 Å². The number of pyridine rings is 2. The van der Waals surface area contributed by atoms with E-state index in [4.69, 9.17) is 4.74 Å². The lowest BCUT2D eigenvalue weighted by atomic mass is 10.1. The Hall–Kier alpha value is -1.93. The van der Waals surface area contributed by atoms with Crippen LogP contribution in [0.5, 0.6) is 5.75 Å². The van der Waals surface area contributed by atoms with Gasteiger partial charge >= 0.3 is 0 Å². The first-order chi connectivity index (χ1) is 12.0. The van der Waals surface area contributed by atoms with Gasteiger partial charge in [0.1, 0.15) is 11.3 Å². The zero-order valence-electron chi connectivity index (χ0n) is 13.4. The van der Waals surface area contributed by atoms with Crippen molar-refractivity contribution in [1.82, 2.24) is 19.5 Å². The Balaban J connectivity index is 1.66. The molecule has 0 atom stereocenters. The summed E-state index contributed by atoms with van der Waals surface area (Å²) in [5.74, 6) is 0.575. The number of aromatic nitrogens is 3. The number of rotatable bonds is 2. The number of halogens is 2. The average molecular weight is 466 g/mol. The molecule has 0 spiro atoms. The van der Waals surface area contributed by atoms with Gasteiger partial charge < -0.3 is 9.64 Å². The van der Waals surface area contributed by atoms with E-state index < -0.39 is 0 Å². The van der Waals surface area contributed by atoms with Gasteiger partial charge in [-0.2, -0.15) is 5.10 Å². The van der Waals surface area contributed by atoms with Crippen molar-refractivity contribution < 1.29 is 9.53 Å². The summed E-state index contributed by atoms with van der Waals surface area (Å²) in [4.78, 5) is 19.1. The number of hydrogen-bond acceptors (Lipinski definition) is 4. The Kier molecular flexibility index (Phi) is 4.24. The molecule has 0 radical (unpaired) electrons. The lowest BCUT2D eigenvalue weighted by Crippen LogP contribution is -2.36. The molecule has 0 saturated heterocycles. The standard InChI is InChI=1S/C17H14Br2N4O2/c1-25-16-5-12(19)9-23-15(16)6-14(21-23)17(24)22-3-2-13-10(8-22)4-11(18)7-20-13/h4-7,9H,2-3,8H2,1H3. The van der Waals surface area contributed by atoms with Gasteiger partial charge in [0.15, 0.2) is 5.69 Å². The molecule has 1 aliphatic heterocycles. The van der Waals surface area contributed by atoms with Crippen molar-refractivity contribution in [3.63, 3.8) is 0 Å². The number of carbonyl (C=O) groups is 1. The smallest absolute Gasteiger partial charge is 0.274 e. The van der Waals surface area contributed by atoms with Crippen LogP contribution in [0.1, 0.15) is 21.7 Å². The summed E-state index contributed by atoms with van der Waals surface area (Å²) in [6, 6.07) is 5.64. The second-order valence-electron chi connectivity index (χ2n) is 5.82. The third-order valence-corrected chi connectivity index (χ3v) is 5.10. The van der Waals surface area contributed by atoms with E-state index in [0.717, 1.165) is 32.1 Å². The highest BCUT2D eigenvalue weighted by molar-refractivity contribution is 9.10. The number of hydrogen-bond donors (Lipinski definition) is 0. The van der Waals surface area contributed by atoms with Crippen LogP contribution in [-0.4, -0.2) is 39.1 Å². The maximum atomic E-state index is 12.9. The Bertz CT molecular complexity index is 986. The molecular formula is C17H14Br2N4O2. The Morgan fingerprint density at radius 3 is 2.88 bits per heavy atom. The van der Waals surface area contributed by atoms with Crippen LogP contribution < -0.4 is 4.74 Å². The zero-order chi connectivity index (χ0) is 17.6. The fourth-order valence-electron chi connectivity index (χ4n) is 3.03. The van der Waals surface area contributed by atoms with Crippen molar-refractivity contribution in [3.05, 3.63) is 56.5 Å². The van der Waals surface area contributed by atoms with E-state index in [9.17, 15) is 4.79 Å². The van der Waals surface area contributed by atoms with E-state index in [-0.39, 0.29) is 5.91 Å². The Morgan fingerprint density at radius 2 is 2.08 bits per heavy atom. The molecule has 0 aliphatic carbocycles. The molecule has 0 N–H and O–H groups in total. The Labute approximate surface area is 161 Å². The highest BCUT2D eigenvalue weighted by atomic mass is 79.9. The molecule has 3 aromatic rings. The van der Waals surface area contributed by atoms with Crippen LogP contribution in [0.2, 0.25) is 0 Å². The topological polar surface area (TPSA) is 59.7 Å². The van der Waals surface area contributed by atoms with Crippen molar-refractivity contribution in [2.24, 2.45) is 0 Å². The molecule has 0 saturated carbocycles. The molecule has 1 amide bonds. The molecule has 0 aromatic carbocycles. The van der Waals surface area contributed by atoms with Gasteiger partial charge in [0.05, 0.1) is 7.11 Å². The lowest BCUT2D eigenvalue weighted by molar-refractivity contribution is 0.0727. The highest BCUT2D eigenvalue weighted by Gasteiger charge is 2.25. The number of carbonyl (C=O) groups excluding carboxylic acids is 1. The maximum absolute atomic E-state index is 12.9. The first-order valence-corrected chi connectivity index (χ1v) is 9.29. The van der Waals surface area contributed by atoms with Crippen LogP contribution in [0, 0.1) is 0 Å². The van der Waals surface area contributed by atoms with E-state index in [2.05, 4.69) is 41.9 Å². The SMILES string of the molecule is COc1cc(Br)cn2nc(C(=O)N3CCc4ncc(Br)cc4C3)cc12. The summed E-state index contributed by atoms with van der Waals surface area (Å²) in [6.45, 7) is 1.17. The van der Waals surface area contributed by atoms with Gasteiger partial charge in [-0.15, -0.1) is 0 Å². The molecule has 0 bridgehead atoms. The van der Waals surface area contributed by atoms with Gasteiger partial charge in [0.2, 0.25) is 0 Å². The number of methoxy groups -OCH3 is 1. The molecule has 128 valence electrons. The Morgan fingerprint density at radius 1 is 1.24 bits per heavy atom. The number of ether oxygens (including phenoxy) is 1. The minimum atomic E-state index is -0.0903. The lowest BCUT2D eigenvalue weighted by Gasteiger charge is -2.27. The summed E-state index contributed by atoms with van der Waals surface area (Å²) in [5.41, 5.74) is 3.28. The number of nitrogens with zero attached hydrogens (tertiary/aromatic N) is 4. The van der Waals surface area contributed by atoms with Crippen molar-refractivity contribution >= 4 is 43.3 Å². The van der Waals surface area contributed by atoms with E-state index in [1.165, 1.54) is 0 Å². The van der Waals surface area contributed by atoms with Gasteiger partial charge in [-0.3, -0.25) is 9.78 Å². The number of fused-ring (bicyclic) bond motifs is 2. The van der Waals surface area contributed by atoms with Gasteiger partial charge in [-0.25, -0.2) is 4.52 Å². The van der Waals surface area contributed by atoms with Crippen LogP contribution in [-0.2, 0) is 13.0 Å². The molecule has 0 unspecified atom stereocenters. The summed E-state index contributed by atoms with van der Waals surface area (Å²) in [7, 11) is 1.60. The maximum Gasteiger partial charge on any atom is 0.274 e. The summed E-state index contributed by atoms with van der Waals surface area (Å²) in [6.07, 6.45) is 4.35. The molecule has 6 nitrogen and oxygen atoms in total. The van der Waals surface area contributed by atoms with Crippen LogP contribution in [0.3, 0.4) is 0 Å². The molecule has 3 aromatic heterocycles. The third-order valence-electron chi connectivity index (χ3n) is 4.24. The second kappa shape index (κ2) is 6.42. The van der Waals surface area contributed by atoms with Gasteiger partial charge in [0.25, 0.3) is 5.91 Å². The van der Waals surface area contributed by atoms with Crippen LogP contribution in [0.15, 0.2) is 39.5 Å². The fraction of sp³-hybridized carbons (Fsp3) is 0.235. The molecular weight excluding hydrogens is 452 g/mol. The van der Waals surface area contributed by atoms with Crippen molar-refractivity contribution in [3.8, 4) is 5.75 Å². The summed E-state index contributed by atoms with van der Waals surface area (Å²) in [5, 5.41) is 4.42. The van der Waals surface area contributed by atoms with E-state index >= 15 is 0 Å². The van der Waals surface area contributed by atoms with Crippen molar-refractivity contribution in [2.75, 3.05) is 13.7 Å². The summed E-state index contributed by atoms with van der Waals surface area (Å²) >= 11 is 6.86. The van der Waals surface area contributed by atoms with E-state index in [1.807, 2.05) is 12.1 Å². The molecule has 4 heterocycles. The fourth-order valence-corrected chi connectivity index (χ4v) is 3.81. The molecule has 0 fully saturated rings. The zero-order valence-corrected chi connectivity index (χ0v) is 16.5. The first kappa shape index (κ1) is 16.5. The molecule has 25 heavy (non-hydrogen) atoms. The third kappa shape index (κ3) is 3.04. The van der Waals surface area contributed by atoms with Crippen LogP contribution in [0.25, 0.3) is 5.52 Å². The average Bonchev–Trinajstić information content (AvgIpc) is 3.03. The predicted molar refractivity (Wildman–Crippen MR) is 99.8 cm³/mol.